The molecule has 3 rings (SSSR count). The molecule has 6 nitrogen and oxygen atoms in total. The number of hydrogen-bond donors (Lipinski definition) is 2. The Labute approximate surface area is 149 Å². The number of aryl methyl sites for hydroxylation is 1. The maximum absolute atomic E-state index is 12.6. The summed E-state index contributed by atoms with van der Waals surface area (Å²) in [6.45, 7) is 7.11. The quantitative estimate of drug-likeness (QED) is 0.877. The first-order chi connectivity index (χ1) is 11.8. The molecule has 2 aliphatic carbocycles. The van der Waals surface area contributed by atoms with Gasteiger partial charge < -0.3 is 15.0 Å². The molecule has 138 valence electrons. The summed E-state index contributed by atoms with van der Waals surface area (Å²) >= 11 is 0. The van der Waals surface area contributed by atoms with Crippen LogP contribution >= 0.6 is 0 Å². The SMILES string of the molecule is CC1=C(C(=O)NC[C@H]2C[C@H](c3nncn3C)C[C@H]2O)CCC(C)(C)C1. The number of carbonyl (C=O) groups excluding carboxylic acids is 1. The first kappa shape index (κ1) is 18.1. The van der Waals surface area contributed by atoms with Gasteiger partial charge in [-0.25, -0.2) is 0 Å². The van der Waals surface area contributed by atoms with Gasteiger partial charge in [0.05, 0.1) is 6.10 Å². The van der Waals surface area contributed by atoms with E-state index in [1.165, 1.54) is 5.57 Å². The van der Waals surface area contributed by atoms with Crippen molar-refractivity contribution >= 4 is 5.91 Å². The number of allylic oxidation sites excluding steroid dienone is 1. The van der Waals surface area contributed by atoms with Crippen molar-refractivity contribution in [2.75, 3.05) is 6.54 Å². The van der Waals surface area contributed by atoms with Gasteiger partial charge in [0.1, 0.15) is 12.2 Å². The molecule has 1 heterocycles. The Kier molecular flexibility index (Phi) is 5.00. The van der Waals surface area contributed by atoms with Crippen LogP contribution in [0, 0.1) is 11.3 Å². The molecule has 1 fully saturated rings. The molecule has 6 heteroatoms. The lowest BCUT2D eigenvalue weighted by Gasteiger charge is -2.31. The monoisotopic (exact) mass is 346 g/mol. The molecule has 0 radical (unpaired) electrons. The first-order valence-electron chi connectivity index (χ1n) is 9.25. The summed E-state index contributed by atoms with van der Waals surface area (Å²) in [5.74, 6) is 1.25. The number of aliphatic hydroxyl groups is 1. The summed E-state index contributed by atoms with van der Waals surface area (Å²) in [6.07, 6.45) is 5.68. The number of carbonyl (C=O) groups is 1. The normalized spacial score (nSPS) is 29.1. The van der Waals surface area contributed by atoms with Gasteiger partial charge in [-0.2, -0.15) is 0 Å². The van der Waals surface area contributed by atoms with Gasteiger partial charge in [-0.3, -0.25) is 4.79 Å². The summed E-state index contributed by atoms with van der Waals surface area (Å²) in [7, 11) is 1.93. The average molecular weight is 346 g/mol. The number of nitrogens with zero attached hydrogens (tertiary/aromatic N) is 3. The van der Waals surface area contributed by atoms with Crippen LogP contribution in [0.3, 0.4) is 0 Å². The molecule has 1 saturated carbocycles. The van der Waals surface area contributed by atoms with Crippen LogP contribution in [0.1, 0.15) is 64.6 Å². The summed E-state index contributed by atoms with van der Waals surface area (Å²) < 4.78 is 1.91. The van der Waals surface area contributed by atoms with Crippen LogP contribution in [0.4, 0.5) is 0 Å². The number of hydrogen-bond acceptors (Lipinski definition) is 4. The van der Waals surface area contributed by atoms with Gasteiger partial charge in [0.2, 0.25) is 5.91 Å². The molecule has 0 spiro atoms. The van der Waals surface area contributed by atoms with Crippen molar-refractivity contribution in [2.45, 2.75) is 64.9 Å². The van der Waals surface area contributed by atoms with E-state index >= 15 is 0 Å². The van der Waals surface area contributed by atoms with Gasteiger partial charge in [0.15, 0.2) is 0 Å². The Hall–Kier alpha value is -1.69. The maximum atomic E-state index is 12.6. The van der Waals surface area contributed by atoms with E-state index in [2.05, 4.69) is 36.3 Å². The minimum absolute atomic E-state index is 0.0438. The second-order valence-electron chi connectivity index (χ2n) is 8.61. The van der Waals surface area contributed by atoms with Gasteiger partial charge in [-0.05, 0) is 44.4 Å². The Bertz CT molecular complexity index is 677. The number of aromatic nitrogens is 3. The largest absolute Gasteiger partial charge is 0.393 e. The number of aliphatic hydroxyl groups excluding tert-OH is 1. The van der Waals surface area contributed by atoms with Crippen molar-refractivity contribution < 1.29 is 9.90 Å². The Morgan fingerprint density at radius 1 is 1.44 bits per heavy atom. The van der Waals surface area contributed by atoms with Gasteiger partial charge in [-0.15, -0.1) is 10.2 Å². The number of nitrogens with one attached hydrogen (secondary N) is 1. The summed E-state index contributed by atoms with van der Waals surface area (Å²) in [5, 5.41) is 21.5. The summed E-state index contributed by atoms with van der Waals surface area (Å²) in [5.41, 5.74) is 2.44. The van der Waals surface area contributed by atoms with E-state index in [9.17, 15) is 9.90 Å². The van der Waals surface area contributed by atoms with Crippen LogP contribution in [-0.2, 0) is 11.8 Å². The van der Waals surface area contributed by atoms with Crippen LogP contribution in [0.2, 0.25) is 0 Å². The molecule has 25 heavy (non-hydrogen) atoms. The number of rotatable bonds is 4. The van der Waals surface area contributed by atoms with E-state index in [0.29, 0.717) is 18.4 Å². The van der Waals surface area contributed by atoms with Gasteiger partial charge >= 0.3 is 0 Å². The van der Waals surface area contributed by atoms with E-state index in [1.807, 2.05) is 11.6 Å². The third-order valence-corrected chi connectivity index (χ3v) is 5.88. The molecule has 0 unspecified atom stereocenters. The topological polar surface area (TPSA) is 80.0 Å². The van der Waals surface area contributed by atoms with Crippen molar-refractivity contribution in [3.63, 3.8) is 0 Å². The lowest BCUT2D eigenvalue weighted by molar-refractivity contribution is -0.118. The fourth-order valence-corrected chi connectivity index (χ4v) is 4.42. The van der Waals surface area contributed by atoms with E-state index in [1.54, 1.807) is 6.33 Å². The van der Waals surface area contributed by atoms with Gasteiger partial charge in [-0.1, -0.05) is 19.4 Å². The summed E-state index contributed by atoms with van der Waals surface area (Å²) in [4.78, 5) is 12.6. The predicted molar refractivity (Wildman–Crippen MR) is 95.8 cm³/mol. The summed E-state index contributed by atoms with van der Waals surface area (Å²) in [6, 6.07) is 0. The molecule has 0 aromatic carbocycles. The van der Waals surface area contributed by atoms with Crippen LogP contribution in [-0.4, -0.2) is 38.4 Å². The molecule has 1 aromatic rings. The highest BCUT2D eigenvalue weighted by atomic mass is 16.3. The van der Waals surface area contributed by atoms with Crippen molar-refractivity contribution in [2.24, 2.45) is 18.4 Å². The maximum Gasteiger partial charge on any atom is 0.247 e. The molecule has 0 saturated heterocycles. The standard InChI is InChI=1S/C19H30N4O2/c1-12-9-19(2,3)6-5-15(12)18(25)20-10-14-7-13(8-16(14)24)17-22-21-11-23(17)4/h11,13-14,16,24H,5-10H2,1-4H3,(H,20,25)/t13-,14+,16+/m0/s1. The van der Waals surface area contributed by atoms with Crippen LogP contribution in [0.15, 0.2) is 17.5 Å². The second kappa shape index (κ2) is 6.90. The molecule has 3 atom stereocenters. The highest BCUT2D eigenvalue weighted by Gasteiger charge is 2.36. The zero-order valence-electron chi connectivity index (χ0n) is 15.7. The van der Waals surface area contributed by atoms with Gasteiger partial charge in [0.25, 0.3) is 0 Å². The van der Waals surface area contributed by atoms with E-state index in [4.69, 9.17) is 0 Å². The average Bonchev–Trinajstić information content (AvgIpc) is 3.09. The van der Waals surface area contributed by atoms with Crippen LogP contribution in [0.5, 0.6) is 0 Å². The second-order valence-corrected chi connectivity index (χ2v) is 8.61. The fraction of sp³-hybridized carbons (Fsp3) is 0.737. The van der Waals surface area contributed by atoms with E-state index < -0.39 is 6.10 Å². The molecule has 2 N–H and O–H groups in total. The molecule has 1 aromatic heterocycles. The number of amides is 1. The third kappa shape index (κ3) is 3.94. The van der Waals surface area contributed by atoms with E-state index in [-0.39, 0.29) is 17.7 Å². The van der Waals surface area contributed by atoms with Crippen molar-refractivity contribution in [3.8, 4) is 0 Å². The smallest absolute Gasteiger partial charge is 0.247 e. The van der Waals surface area contributed by atoms with Crippen LogP contribution < -0.4 is 5.32 Å². The molecular weight excluding hydrogens is 316 g/mol. The minimum atomic E-state index is -0.401. The fourth-order valence-electron chi connectivity index (χ4n) is 4.42. The van der Waals surface area contributed by atoms with Crippen molar-refractivity contribution in [3.05, 3.63) is 23.3 Å². The highest BCUT2D eigenvalue weighted by molar-refractivity contribution is 5.94. The zero-order chi connectivity index (χ0) is 18.2. The molecule has 2 aliphatic rings. The minimum Gasteiger partial charge on any atom is -0.393 e. The Morgan fingerprint density at radius 2 is 2.20 bits per heavy atom. The lowest BCUT2D eigenvalue weighted by atomic mass is 9.74. The van der Waals surface area contributed by atoms with Crippen molar-refractivity contribution in [1.29, 1.82) is 0 Å². The molecular formula is C19H30N4O2. The molecule has 0 aliphatic heterocycles. The lowest BCUT2D eigenvalue weighted by Crippen LogP contribution is -2.35. The van der Waals surface area contributed by atoms with Gasteiger partial charge in [0, 0.05) is 31.0 Å². The highest BCUT2D eigenvalue weighted by Crippen LogP contribution is 2.39. The molecule has 1 amide bonds. The Balaban J connectivity index is 1.57. The molecule has 0 bridgehead atoms. The van der Waals surface area contributed by atoms with Crippen molar-refractivity contribution in [1.82, 2.24) is 20.1 Å². The Morgan fingerprint density at radius 3 is 2.84 bits per heavy atom. The third-order valence-electron chi connectivity index (χ3n) is 5.88. The van der Waals surface area contributed by atoms with Crippen LogP contribution in [0.25, 0.3) is 0 Å². The first-order valence-corrected chi connectivity index (χ1v) is 9.25. The zero-order valence-corrected chi connectivity index (χ0v) is 15.7. The van der Waals surface area contributed by atoms with E-state index in [0.717, 1.165) is 37.1 Å². The predicted octanol–water partition coefficient (Wildman–Crippen LogP) is 2.31.